The molecule has 8 heteroatoms. The number of aryl methyl sites for hydroxylation is 1. The Labute approximate surface area is 168 Å². The number of carbonyl (C=O) groups excluding carboxylic acids is 1. The summed E-state index contributed by atoms with van der Waals surface area (Å²) in [7, 11) is -0.664. The SMILES string of the molecule is Cc1c(Cl)c(COC(=O)c2ccc(S(=O)(=O)N(C)C)cc2)nc2ccccc12. The second-order valence-electron chi connectivity index (χ2n) is 6.40. The Morgan fingerprint density at radius 3 is 2.39 bits per heavy atom. The molecule has 28 heavy (non-hydrogen) atoms. The third kappa shape index (κ3) is 3.87. The van der Waals surface area contributed by atoms with Crippen LogP contribution in [-0.2, 0) is 21.4 Å². The average Bonchev–Trinajstić information content (AvgIpc) is 2.69. The summed E-state index contributed by atoms with van der Waals surface area (Å²) in [4.78, 5) is 16.9. The fourth-order valence-corrected chi connectivity index (χ4v) is 3.80. The molecule has 0 aliphatic carbocycles. The second-order valence-corrected chi connectivity index (χ2v) is 8.93. The van der Waals surface area contributed by atoms with Crippen LogP contribution in [0, 0.1) is 6.92 Å². The normalized spacial score (nSPS) is 11.8. The van der Waals surface area contributed by atoms with Gasteiger partial charge in [0.15, 0.2) is 0 Å². The molecule has 0 aliphatic heterocycles. The Hall–Kier alpha value is -2.48. The smallest absolute Gasteiger partial charge is 0.338 e. The maximum atomic E-state index is 12.3. The number of pyridine rings is 1. The van der Waals surface area contributed by atoms with E-state index in [-0.39, 0.29) is 17.1 Å². The van der Waals surface area contributed by atoms with Gasteiger partial charge in [0.2, 0.25) is 10.0 Å². The third-order valence-electron chi connectivity index (χ3n) is 4.35. The van der Waals surface area contributed by atoms with Crippen LogP contribution in [-0.4, -0.2) is 37.8 Å². The first-order valence-electron chi connectivity index (χ1n) is 8.45. The summed E-state index contributed by atoms with van der Waals surface area (Å²) in [6.45, 7) is 1.81. The van der Waals surface area contributed by atoms with Crippen LogP contribution in [0.15, 0.2) is 53.4 Å². The van der Waals surface area contributed by atoms with E-state index in [1.54, 1.807) is 0 Å². The number of para-hydroxylation sites is 1. The standard InChI is InChI=1S/C20H19ClN2O4S/c1-13-16-6-4-5-7-17(16)22-18(19(13)21)12-27-20(24)14-8-10-15(11-9-14)28(25,26)23(2)3/h4-11H,12H2,1-3H3. The zero-order chi connectivity index (χ0) is 20.5. The molecular formula is C20H19ClN2O4S. The summed E-state index contributed by atoms with van der Waals surface area (Å²) in [5.74, 6) is -0.586. The van der Waals surface area contributed by atoms with E-state index >= 15 is 0 Å². The zero-order valence-electron chi connectivity index (χ0n) is 15.6. The Kier molecular flexibility index (Phi) is 5.69. The van der Waals surface area contributed by atoms with Crippen molar-refractivity contribution in [3.05, 3.63) is 70.4 Å². The van der Waals surface area contributed by atoms with Crippen LogP contribution in [0.3, 0.4) is 0 Å². The van der Waals surface area contributed by atoms with Gasteiger partial charge in [-0.15, -0.1) is 0 Å². The minimum Gasteiger partial charge on any atom is -0.456 e. The van der Waals surface area contributed by atoms with Crippen LogP contribution in [0.4, 0.5) is 0 Å². The van der Waals surface area contributed by atoms with Crippen molar-refractivity contribution in [2.45, 2.75) is 18.4 Å². The van der Waals surface area contributed by atoms with E-state index in [1.807, 2.05) is 31.2 Å². The summed E-state index contributed by atoms with van der Waals surface area (Å²) in [6.07, 6.45) is 0. The predicted molar refractivity (Wildman–Crippen MR) is 108 cm³/mol. The molecule has 0 saturated heterocycles. The lowest BCUT2D eigenvalue weighted by Crippen LogP contribution is -2.22. The molecule has 0 atom stereocenters. The summed E-state index contributed by atoms with van der Waals surface area (Å²) in [5.41, 5.74) is 2.36. The van der Waals surface area contributed by atoms with E-state index in [0.717, 1.165) is 20.8 Å². The zero-order valence-corrected chi connectivity index (χ0v) is 17.2. The number of benzene rings is 2. The molecule has 3 aromatic rings. The van der Waals surface area contributed by atoms with Gasteiger partial charge >= 0.3 is 5.97 Å². The van der Waals surface area contributed by atoms with E-state index in [1.165, 1.54) is 38.4 Å². The van der Waals surface area contributed by atoms with Gasteiger partial charge < -0.3 is 4.74 Å². The topological polar surface area (TPSA) is 76.6 Å². The number of fused-ring (bicyclic) bond motifs is 1. The minimum absolute atomic E-state index is 0.0823. The van der Waals surface area contributed by atoms with Crippen molar-refractivity contribution in [2.24, 2.45) is 0 Å². The lowest BCUT2D eigenvalue weighted by atomic mass is 10.1. The highest BCUT2D eigenvalue weighted by atomic mass is 35.5. The number of esters is 1. The molecule has 3 rings (SSSR count). The quantitative estimate of drug-likeness (QED) is 0.589. The number of sulfonamides is 1. The number of halogens is 1. The molecule has 0 N–H and O–H groups in total. The number of carbonyl (C=O) groups is 1. The van der Waals surface area contributed by atoms with Crippen LogP contribution in [0.25, 0.3) is 10.9 Å². The van der Waals surface area contributed by atoms with Gasteiger partial charge in [-0.3, -0.25) is 0 Å². The summed E-state index contributed by atoms with van der Waals surface area (Å²) < 4.78 is 30.6. The second kappa shape index (κ2) is 7.87. The monoisotopic (exact) mass is 418 g/mol. The third-order valence-corrected chi connectivity index (χ3v) is 6.69. The molecule has 0 bridgehead atoms. The van der Waals surface area contributed by atoms with Crippen LogP contribution >= 0.6 is 11.6 Å². The highest BCUT2D eigenvalue weighted by Crippen LogP contribution is 2.27. The fourth-order valence-electron chi connectivity index (χ4n) is 2.70. The molecule has 0 unspecified atom stereocenters. The number of rotatable bonds is 5. The first-order chi connectivity index (χ1) is 13.2. The lowest BCUT2D eigenvalue weighted by molar-refractivity contribution is 0.0468. The van der Waals surface area contributed by atoms with Crippen LogP contribution in [0.1, 0.15) is 21.6 Å². The Morgan fingerprint density at radius 2 is 1.75 bits per heavy atom. The molecular weight excluding hydrogens is 400 g/mol. The van der Waals surface area contributed by atoms with Crippen molar-refractivity contribution in [2.75, 3.05) is 14.1 Å². The van der Waals surface area contributed by atoms with E-state index in [0.29, 0.717) is 10.7 Å². The van der Waals surface area contributed by atoms with Crippen molar-refractivity contribution in [1.29, 1.82) is 0 Å². The van der Waals surface area contributed by atoms with Crippen molar-refractivity contribution in [3.8, 4) is 0 Å². The van der Waals surface area contributed by atoms with E-state index in [9.17, 15) is 13.2 Å². The Bertz CT molecular complexity index is 1140. The first-order valence-corrected chi connectivity index (χ1v) is 10.3. The number of ether oxygens (including phenoxy) is 1. The molecule has 1 heterocycles. The molecule has 0 spiro atoms. The van der Waals surface area contributed by atoms with Gasteiger partial charge in [0.1, 0.15) is 6.61 Å². The van der Waals surface area contributed by atoms with Gasteiger partial charge in [-0.25, -0.2) is 22.5 Å². The molecule has 0 aliphatic rings. The summed E-state index contributed by atoms with van der Waals surface area (Å²) in [5, 5.41) is 1.40. The van der Waals surface area contributed by atoms with Gasteiger partial charge in [-0.1, -0.05) is 29.8 Å². The fraction of sp³-hybridized carbons (Fsp3) is 0.200. The van der Waals surface area contributed by atoms with E-state index < -0.39 is 16.0 Å². The summed E-state index contributed by atoms with van der Waals surface area (Å²) >= 11 is 6.38. The minimum atomic E-state index is -3.55. The molecule has 0 fully saturated rings. The van der Waals surface area contributed by atoms with Crippen LogP contribution in [0.5, 0.6) is 0 Å². The average molecular weight is 419 g/mol. The van der Waals surface area contributed by atoms with Gasteiger partial charge in [0, 0.05) is 19.5 Å². The molecule has 0 amide bonds. The van der Waals surface area contributed by atoms with Gasteiger partial charge in [0.25, 0.3) is 0 Å². The molecule has 1 aromatic heterocycles. The number of aromatic nitrogens is 1. The summed E-state index contributed by atoms with van der Waals surface area (Å²) in [6, 6.07) is 13.2. The number of hydrogen-bond acceptors (Lipinski definition) is 5. The van der Waals surface area contributed by atoms with Crippen molar-refractivity contribution in [3.63, 3.8) is 0 Å². The molecule has 146 valence electrons. The van der Waals surface area contributed by atoms with Crippen molar-refractivity contribution in [1.82, 2.24) is 9.29 Å². The number of nitrogens with zero attached hydrogens (tertiary/aromatic N) is 2. The van der Waals surface area contributed by atoms with Gasteiger partial charge in [-0.05, 0) is 42.8 Å². The maximum absolute atomic E-state index is 12.3. The van der Waals surface area contributed by atoms with Crippen LogP contribution in [0.2, 0.25) is 5.02 Å². The Balaban J connectivity index is 1.78. The number of hydrogen-bond donors (Lipinski definition) is 0. The molecule has 6 nitrogen and oxygen atoms in total. The maximum Gasteiger partial charge on any atom is 0.338 e. The Morgan fingerprint density at radius 1 is 1.11 bits per heavy atom. The van der Waals surface area contributed by atoms with E-state index in [4.69, 9.17) is 16.3 Å². The highest BCUT2D eigenvalue weighted by Gasteiger charge is 2.18. The lowest BCUT2D eigenvalue weighted by Gasteiger charge is -2.12. The molecule has 0 radical (unpaired) electrons. The molecule has 2 aromatic carbocycles. The predicted octanol–water partition coefficient (Wildman–Crippen LogP) is 3.80. The van der Waals surface area contributed by atoms with Crippen molar-refractivity contribution >= 4 is 38.5 Å². The largest absolute Gasteiger partial charge is 0.456 e. The van der Waals surface area contributed by atoms with Crippen LogP contribution < -0.4 is 0 Å². The van der Waals surface area contributed by atoms with Gasteiger partial charge in [0.05, 0.1) is 26.7 Å². The van der Waals surface area contributed by atoms with E-state index in [2.05, 4.69) is 4.98 Å². The van der Waals surface area contributed by atoms with Crippen molar-refractivity contribution < 1.29 is 17.9 Å². The highest BCUT2D eigenvalue weighted by molar-refractivity contribution is 7.89. The van der Waals surface area contributed by atoms with Gasteiger partial charge in [-0.2, -0.15) is 0 Å². The molecule has 0 saturated carbocycles. The first kappa shape index (κ1) is 20.3.